The zero-order chi connectivity index (χ0) is 17.8. The average Bonchev–Trinajstić information content (AvgIpc) is 2.89. The van der Waals surface area contributed by atoms with Gasteiger partial charge in [0.2, 0.25) is 0 Å². The van der Waals surface area contributed by atoms with Crippen molar-refractivity contribution in [3.63, 3.8) is 0 Å². The summed E-state index contributed by atoms with van der Waals surface area (Å²) in [6.07, 6.45) is 9.78. The number of allylic oxidation sites excluding steroid dienone is 3. The molecule has 0 aromatic rings. The molecule has 3 nitrogen and oxygen atoms in total. The minimum atomic E-state index is -0.0903. The van der Waals surface area contributed by atoms with Crippen LogP contribution < -0.4 is 0 Å². The van der Waals surface area contributed by atoms with Crippen LogP contribution in [0.3, 0.4) is 0 Å². The number of Topliss-reactive ketones (excluding diaryl/α,β-unsaturated/α-hetero) is 1. The second-order valence-electron chi connectivity index (χ2n) is 8.91. The van der Waals surface area contributed by atoms with Crippen molar-refractivity contribution in [1.82, 2.24) is 0 Å². The van der Waals surface area contributed by atoms with E-state index in [1.165, 1.54) is 11.1 Å². The zero-order valence-electron chi connectivity index (χ0n) is 15.8. The highest BCUT2D eigenvalue weighted by atomic mass is 16.5. The van der Waals surface area contributed by atoms with Crippen molar-refractivity contribution in [2.45, 2.75) is 59.3 Å². The lowest BCUT2D eigenvalue weighted by Gasteiger charge is -2.57. The van der Waals surface area contributed by atoms with Gasteiger partial charge in [-0.15, -0.1) is 0 Å². The van der Waals surface area contributed by atoms with Gasteiger partial charge in [-0.05, 0) is 74.5 Å². The quantitative estimate of drug-likeness (QED) is 0.769. The summed E-state index contributed by atoms with van der Waals surface area (Å²) in [7, 11) is 0. The van der Waals surface area contributed by atoms with Gasteiger partial charge in [-0.3, -0.25) is 9.59 Å². The van der Waals surface area contributed by atoms with E-state index in [1.807, 2.05) is 19.1 Å². The van der Waals surface area contributed by atoms with Crippen LogP contribution in [0.4, 0.5) is 0 Å². The van der Waals surface area contributed by atoms with Crippen LogP contribution in [0, 0.1) is 28.6 Å². The van der Waals surface area contributed by atoms with E-state index in [0.29, 0.717) is 36.8 Å². The Morgan fingerprint density at radius 2 is 1.88 bits per heavy atom. The molecular formula is C22H30O3. The van der Waals surface area contributed by atoms with Crippen molar-refractivity contribution in [2.24, 2.45) is 28.6 Å². The van der Waals surface area contributed by atoms with Crippen molar-refractivity contribution in [3.05, 3.63) is 23.3 Å². The van der Waals surface area contributed by atoms with Gasteiger partial charge in [-0.25, -0.2) is 0 Å². The second kappa shape index (κ2) is 5.90. The maximum absolute atomic E-state index is 12.5. The molecule has 0 N–H and O–H groups in total. The van der Waals surface area contributed by atoms with Gasteiger partial charge in [0.05, 0.1) is 6.61 Å². The lowest BCUT2D eigenvalue weighted by molar-refractivity contribution is -0.131. The summed E-state index contributed by atoms with van der Waals surface area (Å²) in [5.74, 6) is 2.29. The minimum Gasteiger partial charge on any atom is -0.377 e. The average molecular weight is 342 g/mol. The summed E-state index contributed by atoms with van der Waals surface area (Å²) in [6, 6.07) is 0. The van der Waals surface area contributed by atoms with E-state index in [-0.39, 0.29) is 16.6 Å². The third-order valence-corrected chi connectivity index (χ3v) is 8.06. The first kappa shape index (κ1) is 17.2. The molecule has 136 valence electrons. The molecule has 3 heteroatoms. The molecule has 3 saturated carbocycles. The molecule has 0 heterocycles. The lowest BCUT2D eigenvalue weighted by atomic mass is 9.47. The predicted molar refractivity (Wildman–Crippen MR) is 97.1 cm³/mol. The summed E-state index contributed by atoms with van der Waals surface area (Å²) < 4.78 is 5.74. The van der Waals surface area contributed by atoms with E-state index < -0.39 is 0 Å². The highest BCUT2D eigenvalue weighted by molar-refractivity contribution is 6.02. The predicted octanol–water partition coefficient (Wildman–Crippen LogP) is 4.27. The first-order valence-corrected chi connectivity index (χ1v) is 9.98. The Bertz CT molecular complexity index is 673. The summed E-state index contributed by atoms with van der Waals surface area (Å²) in [6.45, 7) is 7.79. The summed E-state index contributed by atoms with van der Waals surface area (Å²) in [4.78, 5) is 24.7. The molecule has 0 aliphatic heterocycles. The maximum atomic E-state index is 12.5. The number of ether oxygens (including phenoxy) is 1. The molecule has 4 aliphatic rings. The molecule has 4 aliphatic carbocycles. The molecule has 0 aromatic carbocycles. The standard InChI is InChI=1S/C22H30O3/c1-4-25-13-15-12-16(23)11-14-5-6-17-18-7-8-20(24)21(18,2)10-9-19(17)22(14,15)3/h11-12,17-19H,4-10,13H2,1-3H3. The van der Waals surface area contributed by atoms with Crippen molar-refractivity contribution < 1.29 is 14.3 Å². The Morgan fingerprint density at radius 3 is 2.64 bits per heavy atom. The Kier molecular flexibility index (Phi) is 4.06. The fourth-order valence-electron chi connectivity index (χ4n) is 6.60. The largest absolute Gasteiger partial charge is 0.377 e. The number of rotatable bonds is 3. The molecule has 0 bridgehead atoms. The third kappa shape index (κ3) is 2.34. The summed E-state index contributed by atoms with van der Waals surface area (Å²) in [5.41, 5.74) is 2.33. The van der Waals surface area contributed by atoms with Gasteiger partial charge in [0.25, 0.3) is 0 Å². The van der Waals surface area contributed by atoms with Gasteiger partial charge < -0.3 is 4.74 Å². The van der Waals surface area contributed by atoms with Gasteiger partial charge in [-0.1, -0.05) is 19.4 Å². The van der Waals surface area contributed by atoms with Crippen LogP contribution in [0.25, 0.3) is 0 Å². The molecule has 25 heavy (non-hydrogen) atoms. The van der Waals surface area contributed by atoms with Crippen molar-refractivity contribution in [2.75, 3.05) is 13.2 Å². The van der Waals surface area contributed by atoms with Crippen molar-refractivity contribution in [3.8, 4) is 0 Å². The van der Waals surface area contributed by atoms with Crippen LogP contribution in [-0.4, -0.2) is 24.8 Å². The fraction of sp³-hybridized carbons (Fsp3) is 0.727. The number of carbonyl (C=O) groups is 2. The topological polar surface area (TPSA) is 43.4 Å². The van der Waals surface area contributed by atoms with Crippen molar-refractivity contribution >= 4 is 11.6 Å². The van der Waals surface area contributed by atoms with Crippen LogP contribution in [0.15, 0.2) is 23.3 Å². The first-order valence-electron chi connectivity index (χ1n) is 9.98. The number of hydrogen-bond donors (Lipinski definition) is 0. The smallest absolute Gasteiger partial charge is 0.178 e. The van der Waals surface area contributed by atoms with Crippen LogP contribution in [0.1, 0.15) is 59.3 Å². The Hall–Kier alpha value is -1.22. The molecule has 3 fully saturated rings. The fourth-order valence-corrected chi connectivity index (χ4v) is 6.60. The highest BCUT2D eigenvalue weighted by Gasteiger charge is 2.59. The highest BCUT2D eigenvalue weighted by Crippen LogP contribution is 2.64. The minimum absolute atomic E-state index is 0.0566. The maximum Gasteiger partial charge on any atom is 0.178 e. The van der Waals surface area contributed by atoms with Crippen molar-refractivity contribution in [1.29, 1.82) is 0 Å². The molecule has 5 unspecified atom stereocenters. The summed E-state index contributed by atoms with van der Waals surface area (Å²) in [5, 5.41) is 0. The number of ketones is 2. The molecular weight excluding hydrogens is 312 g/mol. The van der Waals surface area contributed by atoms with E-state index in [4.69, 9.17) is 4.74 Å². The van der Waals surface area contributed by atoms with E-state index in [9.17, 15) is 9.59 Å². The monoisotopic (exact) mass is 342 g/mol. The van der Waals surface area contributed by atoms with Crippen LogP contribution in [0.2, 0.25) is 0 Å². The van der Waals surface area contributed by atoms with E-state index in [0.717, 1.165) is 38.5 Å². The normalized spacial score (nSPS) is 43.1. The van der Waals surface area contributed by atoms with Gasteiger partial charge in [0.1, 0.15) is 5.78 Å². The SMILES string of the molecule is CCOCC1=CC(=O)C=C2CCC3C4CCC(=O)C4(C)CCC3C21C. The van der Waals surface area contributed by atoms with Crippen LogP contribution in [-0.2, 0) is 14.3 Å². The molecule has 5 atom stereocenters. The van der Waals surface area contributed by atoms with Gasteiger partial charge in [-0.2, -0.15) is 0 Å². The molecule has 0 amide bonds. The molecule has 0 spiro atoms. The lowest BCUT2D eigenvalue weighted by Crippen LogP contribution is -2.51. The summed E-state index contributed by atoms with van der Waals surface area (Å²) >= 11 is 0. The van der Waals surface area contributed by atoms with Gasteiger partial charge in [0, 0.05) is 23.9 Å². The van der Waals surface area contributed by atoms with Gasteiger partial charge in [0.15, 0.2) is 5.78 Å². The molecule has 4 rings (SSSR count). The molecule has 0 saturated heterocycles. The molecule has 0 aromatic heterocycles. The van der Waals surface area contributed by atoms with Crippen LogP contribution in [0.5, 0.6) is 0 Å². The zero-order valence-corrected chi connectivity index (χ0v) is 15.8. The van der Waals surface area contributed by atoms with E-state index in [2.05, 4.69) is 13.8 Å². The second-order valence-corrected chi connectivity index (χ2v) is 8.91. The number of carbonyl (C=O) groups excluding carboxylic acids is 2. The van der Waals surface area contributed by atoms with E-state index in [1.54, 1.807) is 0 Å². The number of fused-ring (bicyclic) bond motifs is 5. The van der Waals surface area contributed by atoms with E-state index >= 15 is 0 Å². The Labute approximate surface area is 150 Å². The first-order chi connectivity index (χ1) is 11.9. The third-order valence-electron chi connectivity index (χ3n) is 8.06. The van der Waals surface area contributed by atoms with Gasteiger partial charge >= 0.3 is 0 Å². The Morgan fingerprint density at radius 1 is 1.08 bits per heavy atom. The molecule has 0 radical (unpaired) electrons. The Balaban J connectivity index is 1.71. The number of hydrogen-bond acceptors (Lipinski definition) is 3. The van der Waals surface area contributed by atoms with Crippen LogP contribution >= 0.6 is 0 Å².